The van der Waals surface area contributed by atoms with Gasteiger partial charge in [-0.1, -0.05) is 30.3 Å². The zero-order chi connectivity index (χ0) is 12.8. The number of fused-ring (bicyclic) bond motifs is 2. The van der Waals surface area contributed by atoms with Gasteiger partial charge in [0.2, 0.25) is 0 Å². The number of carbonyl (C=O) groups excluding carboxylic acids is 1. The zero-order valence-electron chi connectivity index (χ0n) is 9.95. The van der Waals surface area contributed by atoms with Crippen molar-refractivity contribution in [2.45, 2.75) is 11.8 Å². The molecule has 2 aliphatic rings. The van der Waals surface area contributed by atoms with Crippen molar-refractivity contribution in [2.24, 2.45) is 5.92 Å². The highest BCUT2D eigenvalue weighted by atomic mass is 32.2. The minimum absolute atomic E-state index is 0.0434. The fourth-order valence-corrected chi connectivity index (χ4v) is 4.90. The van der Waals surface area contributed by atoms with E-state index in [2.05, 4.69) is 4.90 Å². The van der Waals surface area contributed by atoms with Crippen LogP contribution in [0.2, 0.25) is 0 Å². The highest BCUT2D eigenvalue weighted by Gasteiger charge is 2.50. The van der Waals surface area contributed by atoms with Crippen LogP contribution < -0.4 is 0 Å². The Balaban J connectivity index is 1.78. The Morgan fingerprint density at radius 3 is 2.56 bits per heavy atom. The van der Waals surface area contributed by atoms with Gasteiger partial charge >= 0.3 is 0 Å². The Hall–Kier alpha value is -1.20. The van der Waals surface area contributed by atoms with Crippen molar-refractivity contribution in [2.75, 3.05) is 18.8 Å². The Labute approximate surface area is 107 Å². The lowest BCUT2D eigenvalue weighted by atomic mass is 9.98. The maximum Gasteiger partial charge on any atom is 0.162 e. The van der Waals surface area contributed by atoms with Crippen LogP contribution in [0, 0.1) is 5.92 Å². The average molecular weight is 265 g/mol. The molecule has 2 aliphatic heterocycles. The third kappa shape index (κ3) is 1.97. The van der Waals surface area contributed by atoms with E-state index < -0.39 is 15.1 Å². The number of Topliss-reactive ketones (excluding diaryl/α,β-unsaturated/α-hetero) is 1. The molecule has 2 heterocycles. The van der Waals surface area contributed by atoms with E-state index in [4.69, 9.17) is 0 Å². The molecule has 2 bridgehead atoms. The minimum atomic E-state index is -3.19. The van der Waals surface area contributed by atoms with E-state index in [0.29, 0.717) is 13.1 Å². The van der Waals surface area contributed by atoms with Crippen LogP contribution in [-0.4, -0.2) is 43.2 Å². The lowest BCUT2D eigenvalue weighted by Gasteiger charge is -2.29. The molecule has 2 atom stereocenters. The largest absolute Gasteiger partial charge is 0.298 e. The summed E-state index contributed by atoms with van der Waals surface area (Å²) >= 11 is 0. The summed E-state index contributed by atoms with van der Waals surface area (Å²) in [4.78, 5) is 13.9. The van der Waals surface area contributed by atoms with Gasteiger partial charge in [-0.2, -0.15) is 0 Å². The highest BCUT2D eigenvalue weighted by Crippen LogP contribution is 2.29. The molecule has 0 saturated carbocycles. The first-order valence-corrected chi connectivity index (χ1v) is 7.79. The molecule has 2 unspecified atom stereocenters. The van der Waals surface area contributed by atoms with Crippen LogP contribution in [0.15, 0.2) is 30.3 Å². The summed E-state index contributed by atoms with van der Waals surface area (Å²) in [7, 11) is -3.19. The summed E-state index contributed by atoms with van der Waals surface area (Å²) in [6.07, 6.45) is 0. The Kier molecular flexibility index (Phi) is 2.75. The van der Waals surface area contributed by atoms with Crippen molar-refractivity contribution < 1.29 is 13.2 Å². The topological polar surface area (TPSA) is 54.5 Å². The van der Waals surface area contributed by atoms with Gasteiger partial charge in [-0.05, 0) is 5.56 Å². The standard InChI is InChI=1S/C13H15NO3S/c15-13-11-7-14(6-10-4-2-1-3-5-10)8-12(13)18(16,17)9-11/h1-5,11-12H,6-9H2. The van der Waals surface area contributed by atoms with E-state index >= 15 is 0 Å². The van der Waals surface area contributed by atoms with Gasteiger partial charge in [0.15, 0.2) is 15.6 Å². The second-order valence-corrected chi connectivity index (χ2v) is 7.33. The molecular weight excluding hydrogens is 250 g/mol. The molecule has 18 heavy (non-hydrogen) atoms. The van der Waals surface area contributed by atoms with Gasteiger partial charge < -0.3 is 0 Å². The fraction of sp³-hybridized carbons (Fsp3) is 0.462. The Morgan fingerprint density at radius 1 is 1.17 bits per heavy atom. The first-order chi connectivity index (χ1) is 8.56. The fourth-order valence-electron chi connectivity index (χ4n) is 2.86. The number of nitrogens with zero attached hydrogens (tertiary/aromatic N) is 1. The van der Waals surface area contributed by atoms with E-state index in [-0.39, 0.29) is 17.5 Å². The smallest absolute Gasteiger partial charge is 0.162 e. The zero-order valence-corrected chi connectivity index (χ0v) is 10.8. The maximum atomic E-state index is 11.8. The molecule has 5 heteroatoms. The molecule has 1 aromatic carbocycles. The highest BCUT2D eigenvalue weighted by molar-refractivity contribution is 7.93. The molecule has 0 N–H and O–H groups in total. The van der Waals surface area contributed by atoms with Crippen molar-refractivity contribution in [1.82, 2.24) is 4.90 Å². The molecule has 4 nitrogen and oxygen atoms in total. The monoisotopic (exact) mass is 265 g/mol. The molecule has 3 rings (SSSR count). The minimum Gasteiger partial charge on any atom is -0.298 e. The van der Waals surface area contributed by atoms with Gasteiger partial charge in [-0.25, -0.2) is 8.42 Å². The van der Waals surface area contributed by atoms with Crippen molar-refractivity contribution in [3.63, 3.8) is 0 Å². The molecule has 1 aromatic rings. The number of rotatable bonds is 2. The van der Waals surface area contributed by atoms with Crippen LogP contribution in [0.3, 0.4) is 0 Å². The van der Waals surface area contributed by atoms with Gasteiger partial charge in [0.25, 0.3) is 0 Å². The first kappa shape index (κ1) is 11.9. The average Bonchev–Trinajstić information content (AvgIpc) is 2.47. The molecule has 0 amide bonds. The number of sulfone groups is 1. The number of piperidine rings is 1. The number of hydrogen-bond donors (Lipinski definition) is 0. The van der Waals surface area contributed by atoms with Crippen LogP contribution in [-0.2, 0) is 21.2 Å². The van der Waals surface area contributed by atoms with E-state index in [9.17, 15) is 13.2 Å². The van der Waals surface area contributed by atoms with Crippen molar-refractivity contribution >= 4 is 15.6 Å². The molecule has 0 aliphatic carbocycles. The summed E-state index contributed by atoms with van der Waals surface area (Å²) in [5.74, 6) is -0.335. The molecule has 2 fully saturated rings. The summed E-state index contributed by atoms with van der Waals surface area (Å²) < 4.78 is 23.6. The molecule has 0 aromatic heterocycles. The van der Waals surface area contributed by atoms with E-state index in [0.717, 1.165) is 12.1 Å². The molecule has 0 spiro atoms. The molecule has 2 saturated heterocycles. The predicted molar refractivity (Wildman–Crippen MR) is 67.8 cm³/mol. The van der Waals surface area contributed by atoms with Crippen molar-refractivity contribution in [1.29, 1.82) is 0 Å². The predicted octanol–water partition coefficient (Wildman–Crippen LogP) is 0.485. The number of benzene rings is 1. The lowest BCUT2D eigenvalue weighted by Crippen LogP contribution is -2.45. The second kappa shape index (κ2) is 4.17. The third-order valence-corrected chi connectivity index (χ3v) is 5.85. The van der Waals surface area contributed by atoms with Crippen LogP contribution in [0.1, 0.15) is 5.56 Å². The summed E-state index contributed by atoms with van der Waals surface area (Å²) in [6, 6.07) is 9.93. The second-order valence-electron chi connectivity index (χ2n) is 5.10. The first-order valence-electron chi connectivity index (χ1n) is 6.08. The van der Waals surface area contributed by atoms with Crippen molar-refractivity contribution in [3.8, 4) is 0 Å². The van der Waals surface area contributed by atoms with E-state index in [1.807, 2.05) is 30.3 Å². The summed E-state index contributed by atoms with van der Waals surface area (Å²) in [6.45, 7) is 1.65. The Bertz CT molecular complexity index is 567. The molecular formula is C13H15NO3S. The number of carbonyl (C=O) groups is 1. The molecule has 96 valence electrons. The van der Waals surface area contributed by atoms with Crippen molar-refractivity contribution in [3.05, 3.63) is 35.9 Å². The number of ketones is 1. The van der Waals surface area contributed by atoms with Gasteiger partial charge in [0.1, 0.15) is 5.25 Å². The van der Waals surface area contributed by atoms with E-state index in [1.165, 1.54) is 0 Å². The quantitative estimate of drug-likeness (QED) is 0.780. The van der Waals surface area contributed by atoms with Crippen LogP contribution in [0.4, 0.5) is 0 Å². The van der Waals surface area contributed by atoms with Gasteiger partial charge in [-0.3, -0.25) is 9.69 Å². The van der Waals surface area contributed by atoms with Gasteiger partial charge in [0.05, 0.1) is 5.75 Å². The Morgan fingerprint density at radius 2 is 1.89 bits per heavy atom. The lowest BCUT2D eigenvalue weighted by molar-refractivity contribution is -0.124. The molecule has 0 radical (unpaired) electrons. The summed E-state index contributed by atoms with van der Waals surface area (Å²) in [5, 5.41) is -0.778. The number of likely N-dealkylation sites (tertiary alicyclic amines) is 1. The normalized spacial score (nSPS) is 30.6. The van der Waals surface area contributed by atoms with Gasteiger partial charge in [0, 0.05) is 25.6 Å². The SMILES string of the molecule is O=C1C2CN(Cc3ccccc3)CC1S(=O)(=O)C2. The summed E-state index contributed by atoms with van der Waals surface area (Å²) in [5.41, 5.74) is 1.16. The van der Waals surface area contributed by atoms with Crippen LogP contribution in [0.5, 0.6) is 0 Å². The van der Waals surface area contributed by atoms with Crippen LogP contribution in [0.25, 0.3) is 0 Å². The third-order valence-electron chi connectivity index (χ3n) is 3.74. The maximum absolute atomic E-state index is 11.8. The van der Waals surface area contributed by atoms with Crippen LogP contribution >= 0.6 is 0 Å². The van der Waals surface area contributed by atoms with E-state index in [1.54, 1.807) is 0 Å². The number of hydrogen-bond acceptors (Lipinski definition) is 4. The van der Waals surface area contributed by atoms with Gasteiger partial charge in [-0.15, -0.1) is 0 Å².